The molecular formula is C29H27ClN6O3. The van der Waals surface area contributed by atoms with Crippen LogP contribution in [0.4, 0.5) is 5.82 Å². The van der Waals surface area contributed by atoms with Crippen LogP contribution >= 0.6 is 11.6 Å². The molecule has 1 amide bonds. The van der Waals surface area contributed by atoms with E-state index < -0.39 is 0 Å². The number of anilines is 1. The number of Topliss-reactive ketones (excluding diaryl/α,β-unsaturated/α-hetero) is 1. The number of hydrogen-bond acceptors (Lipinski definition) is 6. The molecule has 0 saturated heterocycles. The number of aryl methyl sites for hydroxylation is 1. The third kappa shape index (κ3) is 4.85. The molecule has 1 aromatic carbocycles. The second kappa shape index (κ2) is 9.81. The second-order valence-electron chi connectivity index (χ2n) is 10.0. The first-order valence-electron chi connectivity index (χ1n) is 12.8. The Morgan fingerprint density at radius 2 is 1.97 bits per heavy atom. The van der Waals surface area contributed by atoms with E-state index in [9.17, 15) is 9.59 Å². The van der Waals surface area contributed by atoms with Gasteiger partial charge in [-0.2, -0.15) is 10.1 Å². The van der Waals surface area contributed by atoms with Crippen molar-refractivity contribution in [3.63, 3.8) is 0 Å². The van der Waals surface area contributed by atoms with E-state index in [2.05, 4.69) is 15.3 Å². The molecule has 0 atom stereocenters. The Labute approximate surface area is 229 Å². The molecule has 0 unspecified atom stereocenters. The molecular weight excluding hydrogens is 516 g/mol. The van der Waals surface area contributed by atoms with Crippen molar-refractivity contribution >= 4 is 50.9 Å². The molecule has 0 spiro atoms. The molecule has 5 aromatic rings. The molecule has 9 nitrogen and oxygen atoms in total. The van der Waals surface area contributed by atoms with Crippen LogP contribution in [0.5, 0.6) is 5.88 Å². The molecule has 1 N–H and O–H groups in total. The number of nitrogens with one attached hydrogen (secondary N) is 1. The number of ether oxygens (including phenoxy) is 1. The van der Waals surface area contributed by atoms with Crippen LogP contribution in [0.25, 0.3) is 33.2 Å². The quantitative estimate of drug-likeness (QED) is 0.255. The molecule has 10 heteroatoms. The minimum absolute atomic E-state index is 0.0345. The van der Waals surface area contributed by atoms with Crippen molar-refractivity contribution in [2.75, 3.05) is 12.4 Å². The van der Waals surface area contributed by atoms with Gasteiger partial charge in [0.1, 0.15) is 11.3 Å². The summed E-state index contributed by atoms with van der Waals surface area (Å²) in [5.74, 6) is 1.08. The molecule has 4 aromatic heterocycles. The Hall–Kier alpha value is -4.24. The average molecular weight is 543 g/mol. The van der Waals surface area contributed by atoms with E-state index in [0.717, 1.165) is 40.7 Å². The summed E-state index contributed by atoms with van der Waals surface area (Å²) in [5, 5.41) is 10.1. The van der Waals surface area contributed by atoms with E-state index in [1.807, 2.05) is 46.6 Å². The number of rotatable bonds is 8. The van der Waals surface area contributed by atoms with Crippen LogP contribution in [0.3, 0.4) is 0 Å². The first-order chi connectivity index (χ1) is 18.8. The Morgan fingerprint density at radius 3 is 2.69 bits per heavy atom. The van der Waals surface area contributed by atoms with E-state index in [-0.39, 0.29) is 11.7 Å². The summed E-state index contributed by atoms with van der Waals surface area (Å²) >= 11 is 6.33. The van der Waals surface area contributed by atoms with Gasteiger partial charge in [0.15, 0.2) is 5.78 Å². The number of ketones is 1. The van der Waals surface area contributed by atoms with Crippen molar-refractivity contribution in [1.29, 1.82) is 0 Å². The lowest BCUT2D eigenvalue weighted by Crippen LogP contribution is -2.13. The third-order valence-electron chi connectivity index (χ3n) is 7.09. The molecule has 0 radical (unpaired) electrons. The summed E-state index contributed by atoms with van der Waals surface area (Å²) in [6.07, 6.45) is 6.22. The van der Waals surface area contributed by atoms with Crippen LogP contribution in [0.1, 0.15) is 42.1 Å². The van der Waals surface area contributed by atoms with Gasteiger partial charge in [0.05, 0.1) is 35.9 Å². The molecule has 0 bridgehead atoms. The number of fused-ring (bicyclic) bond motifs is 2. The summed E-state index contributed by atoms with van der Waals surface area (Å²) in [5.41, 5.74) is 4.53. The van der Waals surface area contributed by atoms with Crippen LogP contribution in [0.15, 0.2) is 48.8 Å². The molecule has 0 aliphatic heterocycles. The normalized spacial score (nSPS) is 13.2. The van der Waals surface area contributed by atoms with Gasteiger partial charge in [-0.15, -0.1) is 0 Å². The molecule has 1 fully saturated rings. The lowest BCUT2D eigenvalue weighted by Gasteiger charge is -2.12. The van der Waals surface area contributed by atoms with Crippen molar-refractivity contribution in [1.82, 2.24) is 24.3 Å². The van der Waals surface area contributed by atoms with E-state index >= 15 is 0 Å². The minimum Gasteiger partial charge on any atom is -0.480 e. The van der Waals surface area contributed by atoms with Gasteiger partial charge in [0, 0.05) is 47.9 Å². The number of amides is 1. The monoisotopic (exact) mass is 542 g/mol. The first kappa shape index (κ1) is 25.1. The van der Waals surface area contributed by atoms with Gasteiger partial charge in [0.2, 0.25) is 11.8 Å². The van der Waals surface area contributed by atoms with Crippen molar-refractivity contribution in [3.8, 4) is 17.3 Å². The van der Waals surface area contributed by atoms with Crippen molar-refractivity contribution in [2.24, 2.45) is 13.0 Å². The van der Waals surface area contributed by atoms with Gasteiger partial charge in [-0.1, -0.05) is 11.6 Å². The van der Waals surface area contributed by atoms with Crippen LogP contribution < -0.4 is 10.1 Å². The Bertz CT molecular complexity index is 1770. The van der Waals surface area contributed by atoms with Crippen LogP contribution in [0, 0.1) is 5.92 Å². The van der Waals surface area contributed by atoms with Crippen LogP contribution in [-0.4, -0.2) is 43.1 Å². The SMILES string of the molecule is COc1nc(NC(=O)CC2CC2)cc2nn(Cc3ccnc4ccc(Cl)cc34)c(-c3cc(C(C)=O)cn3C)c12. The maximum atomic E-state index is 12.5. The first-order valence-corrected chi connectivity index (χ1v) is 13.1. The highest BCUT2D eigenvalue weighted by Gasteiger charge is 2.26. The molecule has 4 heterocycles. The zero-order chi connectivity index (χ0) is 27.3. The summed E-state index contributed by atoms with van der Waals surface area (Å²) < 4.78 is 9.50. The topological polar surface area (TPSA) is 104 Å². The summed E-state index contributed by atoms with van der Waals surface area (Å²) in [4.78, 5) is 33.8. The van der Waals surface area contributed by atoms with Crippen molar-refractivity contribution < 1.29 is 14.3 Å². The predicted molar refractivity (Wildman–Crippen MR) is 150 cm³/mol. The number of carbonyl (C=O) groups is 2. The molecule has 1 saturated carbocycles. The van der Waals surface area contributed by atoms with Gasteiger partial charge in [-0.3, -0.25) is 19.3 Å². The maximum absolute atomic E-state index is 12.5. The maximum Gasteiger partial charge on any atom is 0.227 e. The lowest BCUT2D eigenvalue weighted by molar-refractivity contribution is -0.116. The Kier molecular flexibility index (Phi) is 6.31. The number of methoxy groups -OCH3 is 1. The number of hydrogen-bond donors (Lipinski definition) is 1. The number of nitrogens with zero attached hydrogens (tertiary/aromatic N) is 5. The second-order valence-corrected chi connectivity index (χ2v) is 10.5. The molecule has 1 aliphatic carbocycles. The predicted octanol–water partition coefficient (Wildman–Crippen LogP) is 5.64. The highest BCUT2D eigenvalue weighted by Crippen LogP contribution is 2.38. The average Bonchev–Trinajstić information content (AvgIpc) is 3.52. The number of benzene rings is 1. The number of halogens is 1. The lowest BCUT2D eigenvalue weighted by atomic mass is 10.1. The summed E-state index contributed by atoms with van der Waals surface area (Å²) in [7, 11) is 3.43. The smallest absolute Gasteiger partial charge is 0.227 e. The Morgan fingerprint density at radius 1 is 1.15 bits per heavy atom. The standard InChI is InChI=1S/C29H27ClN6O3/c1-16(37)19-11-24(35(2)14-19)28-27-23(13-25(33-29(27)39-3)32-26(38)10-17-4-5-17)34-36(28)15-18-8-9-31-22-7-6-20(30)12-21(18)22/h6-9,11-14,17H,4-5,10,15H2,1-3H3,(H,32,38). The zero-order valence-corrected chi connectivity index (χ0v) is 22.6. The van der Waals surface area contributed by atoms with Crippen molar-refractivity contribution in [2.45, 2.75) is 32.7 Å². The van der Waals surface area contributed by atoms with Crippen LogP contribution in [0.2, 0.25) is 5.02 Å². The van der Waals surface area contributed by atoms with Gasteiger partial charge >= 0.3 is 0 Å². The molecule has 198 valence electrons. The Balaban J connectivity index is 1.53. The fraction of sp³-hybridized carbons (Fsp3) is 0.276. The molecule has 39 heavy (non-hydrogen) atoms. The van der Waals surface area contributed by atoms with E-state index in [1.165, 1.54) is 0 Å². The van der Waals surface area contributed by atoms with Gasteiger partial charge in [-0.25, -0.2) is 0 Å². The molecule has 6 rings (SSSR count). The molecule has 1 aliphatic rings. The van der Waals surface area contributed by atoms with E-state index in [0.29, 0.717) is 52.1 Å². The summed E-state index contributed by atoms with van der Waals surface area (Å²) in [6.45, 7) is 1.94. The summed E-state index contributed by atoms with van der Waals surface area (Å²) in [6, 6.07) is 11.2. The highest BCUT2D eigenvalue weighted by atomic mass is 35.5. The van der Waals surface area contributed by atoms with Gasteiger partial charge in [0.25, 0.3) is 0 Å². The largest absolute Gasteiger partial charge is 0.480 e. The number of aromatic nitrogens is 5. The van der Waals surface area contributed by atoms with E-state index in [4.69, 9.17) is 21.4 Å². The number of carbonyl (C=O) groups excluding carboxylic acids is 2. The third-order valence-corrected chi connectivity index (χ3v) is 7.32. The minimum atomic E-state index is -0.0697. The van der Waals surface area contributed by atoms with Gasteiger partial charge < -0.3 is 14.6 Å². The number of pyridine rings is 2. The fourth-order valence-corrected chi connectivity index (χ4v) is 5.12. The van der Waals surface area contributed by atoms with Crippen LogP contribution in [-0.2, 0) is 18.4 Å². The van der Waals surface area contributed by atoms with Crippen molar-refractivity contribution in [3.05, 3.63) is 64.9 Å². The fourth-order valence-electron chi connectivity index (χ4n) is 4.95. The van der Waals surface area contributed by atoms with Gasteiger partial charge in [-0.05, 0) is 61.6 Å². The highest BCUT2D eigenvalue weighted by molar-refractivity contribution is 6.31. The zero-order valence-electron chi connectivity index (χ0n) is 21.9. The van der Waals surface area contributed by atoms with E-state index in [1.54, 1.807) is 32.5 Å².